The Morgan fingerprint density at radius 3 is 2.58 bits per heavy atom. The lowest BCUT2D eigenvalue weighted by atomic mass is 10.0. The summed E-state index contributed by atoms with van der Waals surface area (Å²) >= 11 is 7.78. The van der Waals surface area contributed by atoms with Crippen molar-refractivity contribution >= 4 is 45.8 Å². The smallest absolute Gasteiger partial charge is 0.256 e. The average Bonchev–Trinajstić information content (AvgIpc) is 2.36. The van der Waals surface area contributed by atoms with Crippen LogP contribution >= 0.6 is 34.2 Å². The Hall–Kier alpha value is -0.690. The fraction of sp³-hybridized carbons (Fsp3) is 0.308. The molecule has 2 rings (SSSR count). The quantitative estimate of drug-likeness (QED) is 0.558. The number of benzene rings is 1. The van der Waals surface area contributed by atoms with Crippen molar-refractivity contribution in [1.29, 1.82) is 0 Å². The van der Waals surface area contributed by atoms with E-state index in [0.717, 1.165) is 10.5 Å². The molecule has 1 aromatic rings. The minimum atomic E-state index is -2.55. The molecule has 0 N–H and O–H groups in total. The lowest BCUT2D eigenvalue weighted by molar-refractivity contribution is -0.128. The highest BCUT2D eigenvalue weighted by molar-refractivity contribution is 14.1. The van der Waals surface area contributed by atoms with Crippen LogP contribution in [0.15, 0.2) is 30.3 Å². The van der Waals surface area contributed by atoms with Gasteiger partial charge in [0.15, 0.2) is 0 Å². The molecule has 0 saturated carbocycles. The second kappa shape index (κ2) is 6.17. The zero-order valence-corrected chi connectivity index (χ0v) is 12.7. The number of rotatable bonds is 3. The number of allylic oxidation sites excluding steroid dienone is 1. The van der Waals surface area contributed by atoms with E-state index in [1.807, 2.05) is 28.7 Å². The summed E-state index contributed by atoms with van der Waals surface area (Å²) in [6.45, 7) is -0.577. The first-order chi connectivity index (χ1) is 8.99. The largest absolute Gasteiger partial charge is 0.305 e. The van der Waals surface area contributed by atoms with Gasteiger partial charge in [0.1, 0.15) is 0 Å². The summed E-state index contributed by atoms with van der Waals surface area (Å²) in [6.07, 6.45) is -0.178. The Kier molecular flexibility index (Phi) is 4.78. The third-order valence-electron chi connectivity index (χ3n) is 2.80. The highest BCUT2D eigenvalue weighted by Crippen LogP contribution is 2.30. The van der Waals surface area contributed by atoms with Gasteiger partial charge in [0.25, 0.3) is 6.43 Å². The molecule has 1 aromatic carbocycles. The van der Waals surface area contributed by atoms with Gasteiger partial charge in [0.05, 0.1) is 10.5 Å². The molecule has 1 heterocycles. The molecule has 0 bridgehead atoms. The van der Waals surface area contributed by atoms with Gasteiger partial charge >= 0.3 is 0 Å². The van der Waals surface area contributed by atoms with E-state index in [9.17, 15) is 13.6 Å². The summed E-state index contributed by atoms with van der Waals surface area (Å²) in [5.41, 5.74) is 1.26. The highest BCUT2D eigenvalue weighted by Gasteiger charge is 2.31. The number of halogens is 4. The number of carbonyl (C=O) groups excluding carboxylic acids is 1. The molecule has 1 aliphatic rings. The fourth-order valence-electron chi connectivity index (χ4n) is 1.93. The van der Waals surface area contributed by atoms with Crippen molar-refractivity contribution in [3.63, 3.8) is 0 Å². The van der Waals surface area contributed by atoms with Crippen molar-refractivity contribution in [3.05, 3.63) is 40.9 Å². The predicted molar refractivity (Wildman–Crippen MR) is 79.6 cm³/mol. The number of carbonyl (C=O) groups is 1. The maximum Gasteiger partial charge on any atom is 0.256 e. The average molecular weight is 398 g/mol. The molecule has 1 unspecified atom stereocenters. The Morgan fingerprint density at radius 2 is 2.00 bits per heavy atom. The molecule has 0 aliphatic carbocycles. The van der Waals surface area contributed by atoms with E-state index in [1.165, 1.54) is 0 Å². The van der Waals surface area contributed by atoms with Crippen molar-refractivity contribution < 1.29 is 13.6 Å². The van der Waals surface area contributed by atoms with Gasteiger partial charge in [0, 0.05) is 10.7 Å². The summed E-state index contributed by atoms with van der Waals surface area (Å²) < 4.78 is 25.0. The normalized spacial score (nSPS) is 19.8. The lowest BCUT2D eigenvalue weighted by Gasteiger charge is -2.31. The first kappa shape index (κ1) is 14.7. The Balaban J connectivity index is 2.34. The van der Waals surface area contributed by atoms with E-state index in [0.29, 0.717) is 17.1 Å². The lowest BCUT2D eigenvalue weighted by Crippen LogP contribution is -2.40. The molecule has 2 nitrogen and oxygen atoms in total. The summed E-state index contributed by atoms with van der Waals surface area (Å²) in [6, 6.07) is 6.82. The molecule has 1 amide bonds. The van der Waals surface area contributed by atoms with Crippen LogP contribution in [0.3, 0.4) is 0 Å². The highest BCUT2D eigenvalue weighted by atomic mass is 127. The van der Waals surface area contributed by atoms with Gasteiger partial charge in [-0.15, -0.1) is 0 Å². The predicted octanol–water partition coefficient (Wildman–Crippen LogP) is 3.98. The summed E-state index contributed by atoms with van der Waals surface area (Å²) in [5.74, 6) is -0.270. The van der Waals surface area contributed by atoms with Gasteiger partial charge in [-0.05, 0) is 24.1 Å². The molecule has 6 heteroatoms. The molecule has 1 atom stereocenters. The van der Waals surface area contributed by atoms with Crippen molar-refractivity contribution in [2.75, 3.05) is 6.54 Å². The van der Waals surface area contributed by atoms with E-state index >= 15 is 0 Å². The van der Waals surface area contributed by atoms with Gasteiger partial charge in [-0.3, -0.25) is 4.79 Å². The third kappa shape index (κ3) is 3.45. The summed E-state index contributed by atoms with van der Waals surface area (Å²) in [5, 5.41) is 0.568. The molecule has 0 radical (unpaired) electrons. The van der Waals surface area contributed by atoms with Crippen LogP contribution in [0.4, 0.5) is 8.78 Å². The first-order valence-corrected chi connectivity index (χ1v) is 7.31. The second-order valence-corrected chi connectivity index (χ2v) is 6.08. The molecule has 0 saturated heterocycles. The van der Waals surface area contributed by atoms with Crippen LogP contribution < -0.4 is 0 Å². The minimum absolute atomic E-state index is 0.270. The third-order valence-corrected chi connectivity index (χ3v) is 4.10. The molecule has 1 aliphatic heterocycles. The van der Waals surface area contributed by atoms with Crippen LogP contribution in [-0.4, -0.2) is 27.7 Å². The van der Waals surface area contributed by atoms with E-state index in [1.54, 1.807) is 24.3 Å². The zero-order chi connectivity index (χ0) is 14.0. The van der Waals surface area contributed by atoms with Crippen molar-refractivity contribution in [2.24, 2.45) is 0 Å². The second-order valence-electron chi connectivity index (χ2n) is 4.14. The minimum Gasteiger partial charge on any atom is -0.305 e. The number of amides is 1. The monoisotopic (exact) mass is 397 g/mol. The zero-order valence-electron chi connectivity index (χ0n) is 9.82. The number of nitrogens with zero attached hydrogens (tertiary/aromatic N) is 1. The van der Waals surface area contributed by atoms with Gasteiger partial charge in [-0.2, -0.15) is 0 Å². The maximum absolute atomic E-state index is 12.6. The summed E-state index contributed by atoms with van der Waals surface area (Å²) in [4.78, 5) is 13.2. The van der Waals surface area contributed by atoms with Crippen molar-refractivity contribution in [1.82, 2.24) is 4.90 Å². The van der Waals surface area contributed by atoms with Crippen LogP contribution in [0.1, 0.15) is 12.0 Å². The van der Waals surface area contributed by atoms with Gasteiger partial charge in [0.2, 0.25) is 5.91 Å². The van der Waals surface area contributed by atoms with Gasteiger partial charge < -0.3 is 4.90 Å². The molecule has 0 spiro atoms. The maximum atomic E-state index is 12.6. The van der Waals surface area contributed by atoms with Crippen LogP contribution in [0.5, 0.6) is 0 Å². The molecular weight excluding hydrogens is 387 g/mol. The van der Waals surface area contributed by atoms with Gasteiger partial charge in [-0.25, -0.2) is 8.78 Å². The first-order valence-electron chi connectivity index (χ1n) is 5.68. The van der Waals surface area contributed by atoms with Crippen LogP contribution in [0.25, 0.3) is 5.70 Å². The van der Waals surface area contributed by atoms with E-state index in [2.05, 4.69) is 0 Å². The van der Waals surface area contributed by atoms with Crippen molar-refractivity contribution in [2.45, 2.75) is 16.8 Å². The SMILES string of the molecule is O=C1C(I)CC=C(c2ccc(Cl)cc2)N1CC(F)F. The Labute approximate surface area is 128 Å². The molecular formula is C13H11ClF2INO. The topological polar surface area (TPSA) is 20.3 Å². The van der Waals surface area contributed by atoms with Crippen LogP contribution in [-0.2, 0) is 4.79 Å². The molecule has 0 fully saturated rings. The summed E-state index contributed by atoms with van der Waals surface area (Å²) in [7, 11) is 0. The number of hydrogen-bond donors (Lipinski definition) is 0. The van der Waals surface area contributed by atoms with Crippen LogP contribution in [0, 0.1) is 0 Å². The van der Waals surface area contributed by atoms with Gasteiger partial charge in [-0.1, -0.05) is 52.4 Å². The van der Waals surface area contributed by atoms with Crippen molar-refractivity contribution in [3.8, 4) is 0 Å². The van der Waals surface area contributed by atoms with Crippen LogP contribution in [0.2, 0.25) is 5.02 Å². The van der Waals surface area contributed by atoms with E-state index < -0.39 is 13.0 Å². The fourth-order valence-corrected chi connectivity index (χ4v) is 2.65. The number of alkyl halides is 3. The number of hydrogen-bond acceptors (Lipinski definition) is 1. The Morgan fingerprint density at radius 1 is 1.37 bits per heavy atom. The molecule has 19 heavy (non-hydrogen) atoms. The standard InChI is InChI=1S/C13H11ClF2INO/c14-9-3-1-8(2-4-9)11-6-5-10(17)13(19)18(11)7-12(15)16/h1-4,6,10,12H,5,7H2. The molecule has 102 valence electrons. The van der Waals surface area contributed by atoms with E-state index in [4.69, 9.17) is 11.6 Å². The Bertz CT molecular complexity index is 504. The van der Waals surface area contributed by atoms with E-state index in [-0.39, 0.29) is 9.83 Å². The molecule has 0 aromatic heterocycles.